The van der Waals surface area contributed by atoms with Crippen molar-refractivity contribution in [2.24, 2.45) is 0 Å². The Labute approximate surface area is 163 Å². The number of hydrogen-bond donors (Lipinski definition) is 0. The van der Waals surface area contributed by atoms with Gasteiger partial charge in [0.25, 0.3) is 5.65 Å². The number of hydrogen-bond acceptors (Lipinski definition) is 3. The smallest absolute Gasteiger partial charge is 0.361 e. The molecule has 0 atom stereocenters. The normalized spacial score (nSPS) is 11.9. The minimum absolute atomic E-state index is 0.223. The molecule has 4 rings (SSSR count). The zero-order chi connectivity index (χ0) is 20.8. The van der Waals surface area contributed by atoms with E-state index in [1.54, 1.807) is 44.4 Å². The Balaban J connectivity index is 1.86. The number of nitrogens with zero attached hydrogens (tertiary/aromatic N) is 3. The molecule has 3 aromatic heterocycles. The van der Waals surface area contributed by atoms with Crippen molar-refractivity contribution in [2.75, 3.05) is 0 Å². The molecule has 148 valence electrons. The van der Waals surface area contributed by atoms with Crippen molar-refractivity contribution in [3.63, 3.8) is 0 Å². The van der Waals surface area contributed by atoms with E-state index in [1.807, 2.05) is 4.57 Å². The molecule has 0 fully saturated rings. The lowest BCUT2D eigenvalue weighted by molar-refractivity contribution is -0.665. The third-order valence-electron chi connectivity index (χ3n) is 4.80. The first-order chi connectivity index (χ1) is 13.8. The van der Waals surface area contributed by atoms with Gasteiger partial charge in [-0.15, -0.1) is 0 Å². The van der Waals surface area contributed by atoms with Crippen LogP contribution in [0, 0.1) is 13.8 Å². The van der Waals surface area contributed by atoms with Crippen molar-refractivity contribution in [2.45, 2.75) is 26.6 Å². The molecule has 0 bridgehead atoms. The number of aryl methyl sites for hydroxylation is 2. The van der Waals surface area contributed by atoms with Crippen LogP contribution < -0.4 is 10.1 Å². The van der Waals surface area contributed by atoms with Crippen molar-refractivity contribution in [3.05, 3.63) is 87.8 Å². The number of aromatic nitrogens is 3. The Bertz CT molecular complexity index is 1240. The first kappa shape index (κ1) is 18.9. The van der Waals surface area contributed by atoms with Crippen molar-refractivity contribution >= 4 is 5.65 Å². The molecule has 0 spiro atoms. The molecule has 0 amide bonds. The molecule has 0 saturated heterocycles. The molecule has 0 aliphatic carbocycles. The van der Waals surface area contributed by atoms with Gasteiger partial charge < -0.3 is 4.52 Å². The van der Waals surface area contributed by atoms with E-state index in [-0.39, 0.29) is 5.56 Å². The Kier molecular flexibility index (Phi) is 4.49. The van der Waals surface area contributed by atoms with Crippen LogP contribution in [0.3, 0.4) is 0 Å². The topological polar surface area (TPSA) is 51.4 Å². The zero-order valence-corrected chi connectivity index (χ0v) is 15.7. The summed E-state index contributed by atoms with van der Waals surface area (Å²) >= 11 is 0. The van der Waals surface area contributed by atoms with Crippen LogP contribution in [0.5, 0.6) is 0 Å². The summed E-state index contributed by atoms with van der Waals surface area (Å²) in [5.41, 5.74) is 2.00. The molecule has 0 radical (unpaired) electrons. The van der Waals surface area contributed by atoms with Gasteiger partial charge in [-0.05, 0) is 37.6 Å². The van der Waals surface area contributed by atoms with Gasteiger partial charge in [0.1, 0.15) is 24.1 Å². The van der Waals surface area contributed by atoms with Gasteiger partial charge in [0, 0.05) is 6.07 Å². The SMILES string of the molecule is Cc1noc(C)c1-c1c[n+](Cc2ccc(C(F)(F)F)cc2)c2ccccn2c1=O. The standard InChI is InChI=1S/C21H17F3N3O2/c1-13-19(14(2)29-25-13)17-12-26(18-5-3-4-10-27(18)20(17)28)11-15-6-8-16(9-7-15)21(22,23)24/h3-10,12H,11H2,1-2H3/q+1. The van der Waals surface area contributed by atoms with Gasteiger partial charge in [0.15, 0.2) is 0 Å². The molecule has 1 aromatic carbocycles. The molecule has 29 heavy (non-hydrogen) atoms. The van der Waals surface area contributed by atoms with Crippen LogP contribution in [0.25, 0.3) is 16.8 Å². The third-order valence-corrected chi connectivity index (χ3v) is 4.80. The van der Waals surface area contributed by atoms with E-state index in [1.165, 1.54) is 16.5 Å². The van der Waals surface area contributed by atoms with Crippen LogP contribution in [0.4, 0.5) is 13.2 Å². The number of benzene rings is 1. The molecule has 4 aromatic rings. The zero-order valence-electron chi connectivity index (χ0n) is 15.7. The van der Waals surface area contributed by atoms with Crippen molar-refractivity contribution in [1.29, 1.82) is 0 Å². The maximum atomic E-state index is 13.0. The Morgan fingerprint density at radius 1 is 1.10 bits per heavy atom. The van der Waals surface area contributed by atoms with Crippen LogP contribution in [0.1, 0.15) is 22.6 Å². The lowest BCUT2D eigenvalue weighted by Crippen LogP contribution is -2.40. The Morgan fingerprint density at radius 3 is 2.45 bits per heavy atom. The van der Waals surface area contributed by atoms with Crippen LogP contribution >= 0.6 is 0 Å². The molecule has 0 saturated carbocycles. The summed E-state index contributed by atoms with van der Waals surface area (Å²) in [6.45, 7) is 3.78. The van der Waals surface area contributed by atoms with Crippen molar-refractivity contribution in [3.8, 4) is 11.1 Å². The maximum absolute atomic E-state index is 13.0. The first-order valence-corrected chi connectivity index (χ1v) is 8.89. The van der Waals surface area contributed by atoms with E-state index in [4.69, 9.17) is 4.52 Å². The summed E-state index contributed by atoms with van der Waals surface area (Å²) in [4.78, 5) is 13.0. The van der Waals surface area contributed by atoms with E-state index < -0.39 is 11.7 Å². The Morgan fingerprint density at radius 2 is 1.83 bits per heavy atom. The summed E-state index contributed by atoms with van der Waals surface area (Å²) in [6, 6.07) is 10.3. The van der Waals surface area contributed by atoms with E-state index in [0.717, 1.165) is 12.1 Å². The number of halogens is 3. The van der Waals surface area contributed by atoms with Gasteiger partial charge >= 0.3 is 11.7 Å². The van der Waals surface area contributed by atoms with Gasteiger partial charge in [-0.1, -0.05) is 23.4 Å². The highest BCUT2D eigenvalue weighted by Gasteiger charge is 2.30. The van der Waals surface area contributed by atoms with Crippen LogP contribution in [0.15, 0.2) is 64.2 Å². The fourth-order valence-electron chi connectivity index (χ4n) is 3.41. The summed E-state index contributed by atoms with van der Waals surface area (Å²) < 4.78 is 47.0. The molecule has 3 heterocycles. The second-order valence-corrected chi connectivity index (χ2v) is 6.80. The highest BCUT2D eigenvalue weighted by molar-refractivity contribution is 5.66. The number of alkyl halides is 3. The molecule has 0 N–H and O–H groups in total. The van der Waals surface area contributed by atoms with Gasteiger partial charge in [-0.3, -0.25) is 0 Å². The molecule has 0 unspecified atom stereocenters. The van der Waals surface area contributed by atoms with Gasteiger partial charge in [-0.2, -0.15) is 17.6 Å². The Hall–Kier alpha value is -3.42. The molecular formula is C21H17F3N3O2+. The quantitative estimate of drug-likeness (QED) is 0.490. The predicted octanol–water partition coefficient (Wildman–Crippen LogP) is 3.93. The second-order valence-electron chi connectivity index (χ2n) is 6.80. The molecular weight excluding hydrogens is 383 g/mol. The largest absolute Gasteiger partial charge is 0.416 e. The van der Waals surface area contributed by atoms with E-state index in [0.29, 0.717) is 40.3 Å². The number of pyridine rings is 1. The number of fused-ring (bicyclic) bond motifs is 1. The highest BCUT2D eigenvalue weighted by atomic mass is 19.4. The average molecular weight is 400 g/mol. The minimum atomic E-state index is -4.38. The highest BCUT2D eigenvalue weighted by Crippen LogP contribution is 2.29. The molecule has 0 aliphatic rings. The van der Waals surface area contributed by atoms with Gasteiger partial charge in [0.05, 0.1) is 23.0 Å². The van der Waals surface area contributed by atoms with Crippen LogP contribution in [-0.4, -0.2) is 9.56 Å². The van der Waals surface area contributed by atoms with E-state index >= 15 is 0 Å². The van der Waals surface area contributed by atoms with Gasteiger partial charge in [-0.25, -0.2) is 9.36 Å². The summed E-state index contributed by atoms with van der Waals surface area (Å²) in [6.07, 6.45) is -1.03. The van der Waals surface area contributed by atoms with E-state index in [2.05, 4.69) is 5.16 Å². The second kappa shape index (κ2) is 6.88. The van der Waals surface area contributed by atoms with E-state index in [9.17, 15) is 18.0 Å². The lowest BCUT2D eigenvalue weighted by atomic mass is 10.1. The average Bonchev–Trinajstić information content (AvgIpc) is 3.02. The van der Waals surface area contributed by atoms with Crippen LogP contribution in [-0.2, 0) is 12.7 Å². The van der Waals surface area contributed by atoms with Crippen molar-refractivity contribution < 1.29 is 22.3 Å². The van der Waals surface area contributed by atoms with Crippen molar-refractivity contribution in [1.82, 2.24) is 9.56 Å². The number of rotatable bonds is 3. The molecule has 8 heteroatoms. The maximum Gasteiger partial charge on any atom is 0.416 e. The first-order valence-electron chi connectivity index (χ1n) is 8.89. The monoisotopic (exact) mass is 400 g/mol. The summed E-state index contributed by atoms with van der Waals surface area (Å²) in [5.74, 6) is 0.525. The fourth-order valence-corrected chi connectivity index (χ4v) is 3.41. The van der Waals surface area contributed by atoms with Gasteiger partial charge in [0.2, 0.25) is 0 Å². The molecule has 0 aliphatic heterocycles. The minimum Gasteiger partial charge on any atom is -0.361 e. The third kappa shape index (κ3) is 3.41. The fraction of sp³-hybridized carbons (Fsp3) is 0.190. The van der Waals surface area contributed by atoms with Crippen LogP contribution in [0.2, 0.25) is 0 Å². The molecule has 5 nitrogen and oxygen atoms in total. The predicted molar refractivity (Wildman–Crippen MR) is 99.4 cm³/mol. The lowest BCUT2D eigenvalue weighted by Gasteiger charge is -2.09. The summed E-state index contributed by atoms with van der Waals surface area (Å²) in [7, 11) is 0. The summed E-state index contributed by atoms with van der Waals surface area (Å²) in [5, 5.41) is 3.92.